The predicted octanol–water partition coefficient (Wildman–Crippen LogP) is 2.56. The minimum absolute atomic E-state index is 0.228. The normalized spacial score (nSPS) is 14.4. The van der Waals surface area contributed by atoms with Crippen molar-refractivity contribution in [3.63, 3.8) is 0 Å². The van der Waals surface area contributed by atoms with Crippen LogP contribution in [0, 0.1) is 0 Å². The Labute approximate surface area is 125 Å². The molecule has 0 aliphatic carbocycles. The molecule has 2 rings (SSSR count). The summed E-state index contributed by atoms with van der Waals surface area (Å²) >= 11 is 0. The van der Waals surface area contributed by atoms with E-state index >= 15 is 0 Å². The molecule has 0 aromatic heterocycles. The molecule has 21 heavy (non-hydrogen) atoms. The van der Waals surface area contributed by atoms with Crippen LogP contribution in [0.3, 0.4) is 0 Å². The molecule has 0 saturated heterocycles. The molecule has 2 unspecified atom stereocenters. The number of benzene rings is 2. The zero-order chi connectivity index (χ0) is 15.5. The molecule has 112 valence electrons. The van der Waals surface area contributed by atoms with Gasteiger partial charge in [0.2, 0.25) is 0 Å². The SMILES string of the molecule is CC(N)C(Oc1cccc(S(C)(=O)=O)c1)c1ccccc1. The fraction of sp³-hybridized carbons (Fsp3) is 0.250. The van der Waals surface area contributed by atoms with Crippen molar-refractivity contribution in [2.45, 2.75) is 24.0 Å². The Morgan fingerprint density at radius 2 is 1.71 bits per heavy atom. The maximum absolute atomic E-state index is 11.6. The Hall–Kier alpha value is -1.85. The molecular weight excluding hydrogens is 286 g/mol. The van der Waals surface area contributed by atoms with E-state index in [1.807, 2.05) is 37.3 Å². The van der Waals surface area contributed by atoms with Crippen molar-refractivity contribution >= 4 is 9.84 Å². The molecule has 0 heterocycles. The van der Waals surface area contributed by atoms with Crippen molar-refractivity contribution in [3.8, 4) is 5.75 Å². The standard InChI is InChI=1S/C16H19NO3S/c1-12(17)16(13-7-4-3-5-8-13)20-14-9-6-10-15(11-14)21(2,18)19/h3-12,16H,17H2,1-2H3. The van der Waals surface area contributed by atoms with Crippen molar-refractivity contribution in [3.05, 3.63) is 60.2 Å². The van der Waals surface area contributed by atoms with Crippen molar-refractivity contribution in [2.75, 3.05) is 6.26 Å². The Bertz CT molecular complexity index is 696. The lowest BCUT2D eigenvalue weighted by atomic mass is 10.0. The van der Waals surface area contributed by atoms with Gasteiger partial charge in [0, 0.05) is 12.3 Å². The molecule has 0 bridgehead atoms. The molecule has 2 atom stereocenters. The molecular formula is C16H19NO3S. The van der Waals surface area contributed by atoms with Crippen LogP contribution < -0.4 is 10.5 Å². The monoisotopic (exact) mass is 305 g/mol. The first-order valence-electron chi connectivity index (χ1n) is 6.65. The topological polar surface area (TPSA) is 69.4 Å². The van der Waals surface area contributed by atoms with Crippen molar-refractivity contribution < 1.29 is 13.2 Å². The number of nitrogens with two attached hydrogens (primary N) is 1. The summed E-state index contributed by atoms with van der Waals surface area (Å²) in [6.45, 7) is 1.86. The van der Waals surface area contributed by atoms with Crippen LogP contribution in [-0.2, 0) is 9.84 Å². The van der Waals surface area contributed by atoms with Gasteiger partial charge in [-0.1, -0.05) is 36.4 Å². The summed E-state index contributed by atoms with van der Waals surface area (Å²) in [5.74, 6) is 0.490. The molecule has 0 radical (unpaired) electrons. The van der Waals surface area contributed by atoms with E-state index in [1.54, 1.807) is 18.2 Å². The van der Waals surface area contributed by atoms with E-state index in [-0.39, 0.29) is 17.0 Å². The minimum atomic E-state index is -3.26. The second-order valence-corrected chi connectivity index (χ2v) is 7.07. The summed E-state index contributed by atoms with van der Waals surface area (Å²) in [6, 6.07) is 15.9. The fourth-order valence-corrected chi connectivity index (χ4v) is 2.70. The maximum Gasteiger partial charge on any atom is 0.175 e. The smallest absolute Gasteiger partial charge is 0.175 e. The van der Waals surface area contributed by atoms with Crippen LogP contribution >= 0.6 is 0 Å². The van der Waals surface area contributed by atoms with E-state index in [1.165, 1.54) is 12.3 Å². The third kappa shape index (κ3) is 4.06. The molecule has 2 aromatic carbocycles. The minimum Gasteiger partial charge on any atom is -0.484 e. The summed E-state index contributed by atoms with van der Waals surface area (Å²) < 4.78 is 29.1. The van der Waals surface area contributed by atoms with Crippen LogP contribution in [0.5, 0.6) is 5.75 Å². The zero-order valence-electron chi connectivity index (χ0n) is 12.1. The highest BCUT2D eigenvalue weighted by atomic mass is 32.2. The highest BCUT2D eigenvalue weighted by Gasteiger charge is 2.18. The van der Waals surface area contributed by atoms with Gasteiger partial charge in [-0.3, -0.25) is 0 Å². The second-order valence-electron chi connectivity index (χ2n) is 5.06. The van der Waals surface area contributed by atoms with E-state index < -0.39 is 9.84 Å². The third-order valence-electron chi connectivity index (χ3n) is 3.10. The molecule has 4 nitrogen and oxygen atoms in total. The molecule has 0 aliphatic heterocycles. The molecule has 0 aliphatic rings. The average Bonchev–Trinajstić information content (AvgIpc) is 2.45. The van der Waals surface area contributed by atoms with E-state index in [0.717, 1.165) is 5.56 Å². The van der Waals surface area contributed by atoms with Gasteiger partial charge in [-0.05, 0) is 30.7 Å². The lowest BCUT2D eigenvalue weighted by Gasteiger charge is -2.23. The Morgan fingerprint density at radius 3 is 2.29 bits per heavy atom. The lowest BCUT2D eigenvalue weighted by molar-refractivity contribution is 0.180. The van der Waals surface area contributed by atoms with Crippen LogP contribution in [-0.4, -0.2) is 20.7 Å². The van der Waals surface area contributed by atoms with E-state index in [0.29, 0.717) is 5.75 Å². The lowest BCUT2D eigenvalue weighted by Crippen LogP contribution is -2.29. The van der Waals surface area contributed by atoms with Crippen LogP contribution in [0.2, 0.25) is 0 Å². The first-order chi connectivity index (χ1) is 9.88. The quantitative estimate of drug-likeness (QED) is 0.921. The average molecular weight is 305 g/mol. The van der Waals surface area contributed by atoms with Gasteiger partial charge in [-0.2, -0.15) is 0 Å². The Balaban J connectivity index is 2.30. The highest BCUT2D eigenvalue weighted by Crippen LogP contribution is 2.26. The first-order valence-corrected chi connectivity index (χ1v) is 8.54. The first kappa shape index (κ1) is 15.5. The van der Waals surface area contributed by atoms with Gasteiger partial charge in [0.25, 0.3) is 0 Å². The van der Waals surface area contributed by atoms with Crippen molar-refractivity contribution in [2.24, 2.45) is 5.73 Å². The molecule has 0 saturated carbocycles. The predicted molar refractivity (Wildman–Crippen MR) is 83.0 cm³/mol. The zero-order valence-corrected chi connectivity index (χ0v) is 12.9. The molecule has 0 spiro atoms. The number of rotatable bonds is 5. The third-order valence-corrected chi connectivity index (χ3v) is 4.21. The van der Waals surface area contributed by atoms with Crippen LogP contribution in [0.15, 0.2) is 59.5 Å². The van der Waals surface area contributed by atoms with Crippen molar-refractivity contribution in [1.82, 2.24) is 0 Å². The summed E-state index contributed by atoms with van der Waals surface area (Å²) in [5, 5.41) is 0. The summed E-state index contributed by atoms with van der Waals surface area (Å²) in [7, 11) is -3.26. The molecule has 5 heteroatoms. The van der Waals surface area contributed by atoms with E-state index in [9.17, 15) is 8.42 Å². The van der Waals surface area contributed by atoms with Crippen LogP contribution in [0.4, 0.5) is 0 Å². The van der Waals surface area contributed by atoms with Gasteiger partial charge < -0.3 is 10.5 Å². The summed E-state index contributed by atoms with van der Waals surface area (Å²) in [4.78, 5) is 0.233. The van der Waals surface area contributed by atoms with Gasteiger partial charge in [-0.25, -0.2) is 8.42 Å². The van der Waals surface area contributed by atoms with Gasteiger partial charge in [-0.15, -0.1) is 0 Å². The molecule has 2 aromatic rings. The van der Waals surface area contributed by atoms with Crippen LogP contribution in [0.1, 0.15) is 18.6 Å². The van der Waals surface area contributed by atoms with Crippen LogP contribution in [0.25, 0.3) is 0 Å². The van der Waals surface area contributed by atoms with E-state index in [2.05, 4.69) is 0 Å². The number of hydrogen-bond acceptors (Lipinski definition) is 4. The number of ether oxygens (including phenoxy) is 1. The highest BCUT2D eigenvalue weighted by molar-refractivity contribution is 7.90. The largest absolute Gasteiger partial charge is 0.484 e. The maximum atomic E-state index is 11.6. The Morgan fingerprint density at radius 1 is 1.05 bits per heavy atom. The fourth-order valence-electron chi connectivity index (χ4n) is 2.05. The molecule has 2 N–H and O–H groups in total. The number of sulfone groups is 1. The van der Waals surface area contributed by atoms with E-state index in [4.69, 9.17) is 10.5 Å². The molecule has 0 fully saturated rings. The number of hydrogen-bond donors (Lipinski definition) is 1. The molecule has 0 amide bonds. The summed E-state index contributed by atoms with van der Waals surface area (Å²) in [6.07, 6.45) is 0.841. The van der Waals surface area contributed by atoms with Gasteiger partial charge in [0.05, 0.1) is 4.90 Å². The summed E-state index contributed by atoms with van der Waals surface area (Å²) in [5.41, 5.74) is 6.95. The van der Waals surface area contributed by atoms with Gasteiger partial charge >= 0.3 is 0 Å². The van der Waals surface area contributed by atoms with Crippen molar-refractivity contribution in [1.29, 1.82) is 0 Å². The Kier molecular flexibility index (Phi) is 4.65. The van der Waals surface area contributed by atoms with Gasteiger partial charge in [0.15, 0.2) is 9.84 Å². The van der Waals surface area contributed by atoms with Gasteiger partial charge in [0.1, 0.15) is 11.9 Å². The second kappa shape index (κ2) is 6.28.